The van der Waals surface area contributed by atoms with Gasteiger partial charge in [0, 0.05) is 24.0 Å². The van der Waals surface area contributed by atoms with Crippen LogP contribution in [-0.4, -0.2) is 36.1 Å². The van der Waals surface area contributed by atoms with Crippen LogP contribution in [0.1, 0.15) is 30.5 Å². The van der Waals surface area contributed by atoms with Crippen molar-refractivity contribution in [2.45, 2.75) is 32.0 Å². The molecule has 27 heavy (non-hydrogen) atoms. The molecule has 3 heterocycles. The maximum atomic E-state index is 12.7. The van der Waals surface area contributed by atoms with E-state index in [1.807, 2.05) is 5.38 Å². The first kappa shape index (κ1) is 20.6. The van der Waals surface area contributed by atoms with E-state index in [1.54, 1.807) is 0 Å². The summed E-state index contributed by atoms with van der Waals surface area (Å²) in [5, 5.41) is 6.25. The molecule has 0 radical (unpaired) electrons. The lowest BCUT2D eigenvalue weighted by Gasteiger charge is -2.33. The highest BCUT2D eigenvalue weighted by Crippen LogP contribution is 2.39. The first-order chi connectivity index (χ1) is 12.4. The molecule has 1 N–H and O–H groups in total. The van der Waals surface area contributed by atoms with E-state index >= 15 is 0 Å². The Hall–Kier alpha value is -1.15. The third kappa shape index (κ3) is 4.65. The van der Waals surface area contributed by atoms with Gasteiger partial charge in [-0.25, -0.2) is 4.98 Å². The lowest BCUT2D eigenvalue weighted by atomic mass is 9.78. The third-order valence-electron chi connectivity index (χ3n) is 5.58. The monoisotopic (exact) mass is 417 g/mol. The van der Waals surface area contributed by atoms with Gasteiger partial charge in [-0.2, -0.15) is 13.2 Å². The minimum absolute atomic E-state index is 0. The molecule has 2 fully saturated rings. The third-order valence-corrected chi connectivity index (χ3v) is 6.52. The van der Waals surface area contributed by atoms with Crippen molar-refractivity contribution in [3.05, 3.63) is 40.9 Å². The van der Waals surface area contributed by atoms with E-state index in [2.05, 4.69) is 15.2 Å². The summed E-state index contributed by atoms with van der Waals surface area (Å²) in [6, 6.07) is 5.26. The standard InChI is InChI=1S/C19H22F3N3S.ClH/c20-19(21,22)15-3-1-14(2-4-15)17-24-16(12-26-17)11-25-10-7-18(13-25)5-8-23-9-6-18;/h1-4,12,23H,5-11,13H2;1H. The molecule has 2 aliphatic heterocycles. The summed E-state index contributed by atoms with van der Waals surface area (Å²) in [5.41, 5.74) is 1.60. The molecule has 1 spiro atoms. The zero-order valence-corrected chi connectivity index (χ0v) is 16.5. The molecule has 2 aromatic rings. The number of benzene rings is 1. The van der Waals surface area contributed by atoms with E-state index in [9.17, 15) is 13.2 Å². The van der Waals surface area contributed by atoms with Crippen molar-refractivity contribution in [3.8, 4) is 10.6 Å². The maximum absolute atomic E-state index is 12.7. The first-order valence-electron chi connectivity index (χ1n) is 8.99. The normalized spacial score (nSPS) is 20.0. The summed E-state index contributed by atoms with van der Waals surface area (Å²) in [7, 11) is 0. The largest absolute Gasteiger partial charge is 0.416 e. The highest BCUT2D eigenvalue weighted by molar-refractivity contribution is 7.13. The molecule has 148 valence electrons. The van der Waals surface area contributed by atoms with Gasteiger partial charge in [0.05, 0.1) is 11.3 Å². The van der Waals surface area contributed by atoms with E-state index in [0.29, 0.717) is 5.41 Å². The van der Waals surface area contributed by atoms with Gasteiger partial charge in [0.1, 0.15) is 5.01 Å². The van der Waals surface area contributed by atoms with Crippen molar-refractivity contribution in [2.75, 3.05) is 26.2 Å². The highest BCUT2D eigenvalue weighted by Gasteiger charge is 2.38. The number of thiazole rings is 1. The molecule has 0 bridgehead atoms. The van der Waals surface area contributed by atoms with E-state index in [-0.39, 0.29) is 12.4 Å². The van der Waals surface area contributed by atoms with Crippen molar-refractivity contribution in [2.24, 2.45) is 5.41 Å². The molecule has 4 rings (SSSR count). The number of hydrogen-bond acceptors (Lipinski definition) is 4. The van der Waals surface area contributed by atoms with Gasteiger partial charge in [-0.3, -0.25) is 4.90 Å². The van der Waals surface area contributed by atoms with E-state index < -0.39 is 11.7 Å². The van der Waals surface area contributed by atoms with Gasteiger partial charge in [0.25, 0.3) is 0 Å². The Morgan fingerprint density at radius 1 is 1.11 bits per heavy atom. The average molecular weight is 418 g/mol. The Balaban J connectivity index is 0.00000210. The minimum atomic E-state index is -4.30. The number of halogens is 4. The summed E-state index contributed by atoms with van der Waals surface area (Å²) in [6.07, 6.45) is -0.549. The summed E-state index contributed by atoms with van der Waals surface area (Å²) >= 11 is 1.50. The van der Waals surface area contributed by atoms with Crippen LogP contribution in [0.2, 0.25) is 0 Å². The first-order valence-corrected chi connectivity index (χ1v) is 9.87. The number of aromatic nitrogens is 1. The summed E-state index contributed by atoms with van der Waals surface area (Å²) in [5.74, 6) is 0. The van der Waals surface area contributed by atoms with Gasteiger partial charge >= 0.3 is 6.18 Å². The molecule has 1 aromatic heterocycles. The summed E-state index contributed by atoms with van der Waals surface area (Å²) < 4.78 is 38.0. The topological polar surface area (TPSA) is 28.2 Å². The van der Waals surface area contributed by atoms with Crippen molar-refractivity contribution in [3.63, 3.8) is 0 Å². The van der Waals surface area contributed by atoms with Gasteiger partial charge in [0.15, 0.2) is 0 Å². The van der Waals surface area contributed by atoms with Crippen LogP contribution < -0.4 is 5.32 Å². The Kier molecular flexibility index (Phi) is 6.15. The average Bonchev–Trinajstić information content (AvgIpc) is 3.23. The van der Waals surface area contributed by atoms with Crippen LogP contribution in [0, 0.1) is 5.41 Å². The predicted octanol–water partition coefficient (Wildman–Crippen LogP) is 4.83. The van der Waals surface area contributed by atoms with Crippen LogP contribution >= 0.6 is 23.7 Å². The predicted molar refractivity (Wildman–Crippen MR) is 104 cm³/mol. The van der Waals surface area contributed by atoms with Crippen molar-refractivity contribution in [1.29, 1.82) is 0 Å². The minimum Gasteiger partial charge on any atom is -0.317 e. The Morgan fingerprint density at radius 3 is 2.48 bits per heavy atom. The number of rotatable bonds is 3. The number of nitrogens with one attached hydrogen (secondary N) is 1. The molecule has 2 saturated heterocycles. The van der Waals surface area contributed by atoms with Crippen LogP contribution in [0.5, 0.6) is 0 Å². The van der Waals surface area contributed by atoms with Gasteiger partial charge < -0.3 is 5.32 Å². The molecule has 0 unspecified atom stereocenters. The van der Waals surface area contributed by atoms with Gasteiger partial charge in [0.2, 0.25) is 0 Å². The van der Waals surface area contributed by atoms with Crippen LogP contribution in [0.15, 0.2) is 29.6 Å². The maximum Gasteiger partial charge on any atom is 0.416 e. The van der Waals surface area contributed by atoms with Crippen LogP contribution in [0.25, 0.3) is 10.6 Å². The van der Waals surface area contributed by atoms with Gasteiger partial charge in [-0.1, -0.05) is 12.1 Å². The zero-order chi connectivity index (χ0) is 18.2. The van der Waals surface area contributed by atoms with Crippen molar-refractivity contribution >= 4 is 23.7 Å². The molecule has 0 saturated carbocycles. The van der Waals surface area contributed by atoms with Crippen molar-refractivity contribution < 1.29 is 13.2 Å². The highest BCUT2D eigenvalue weighted by atomic mass is 35.5. The second-order valence-corrected chi connectivity index (χ2v) is 8.29. The molecule has 0 amide bonds. The van der Waals surface area contributed by atoms with Crippen molar-refractivity contribution in [1.82, 2.24) is 15.2 Å². The van der Waals surface area contributed by atoms with Crippen LogP contribution in [0.4, 0.5) is 13.2 Å². The summed E-state index contributed by atoms with van der Waals surface area (Å²) in [4.78, 5) is 7.12. The number of alkyl halides is 3. The SMILES string of the molecule is Cl.FC(F)(F)c1ccc(-c2nc(CN3CCC4(CCNCC4)C3)cs2)cc1. The quantitative estimate of drug-likeness (QED) is 0.775. The Morgan fingerprint density at radius 2 is 1.81 bits per heavy atom. The summed E-state index contributed by atoms with van der Waals surface area (Å²) in [6.45, 7) is 5.28. The molecule has 2 aliphatic rings. The smallest absolute Gasteiger partial charge is 0.317 e. The zero-order valence-electron chi connectivity index (χ0n) is 14.9. The molecular formula is C19H23ClF3N3S. The molecule has 0 atom stereocenters. The van der Waals surface area contributed by atoms with E-state index in [4.69, 9.17) is 0 Å². The molecule has 3 nitrogen and oxygen atoms in total. The number of likely N-dealkylation sites (tertiary alicyclic amines) is 1. The van der Waals surface area contributed by atoms with Crippen LogP contribution in [0.3, 0.4) is 0 Å². The molecule has 8 heteroatoms. The van der Waals surface area contributed by atoms with Crippen LogP contribution in [-0.2, 0) is 12.7 Å². The lowest BCUT2D eigenvalue weighted by molar-refractivity contribution is -0.137. The molecular weight excluding hydrogens is 395 g/mol. The number of hydrogen-bond donors (Lipinski definition) is 1. The second kappa shape index (κ2) is 8.07. The number of piperidine rings is 1. The van der Waals surface area contributed by atoms with E-state index in [1.165, 1.54) is 42.7 Å². The lowest BCUT2D eigenvalue weighted by Crippen LogP contribution is -2.38. The molecule has 0 aliphatic carbocycles. The molecule has 1 aromatic carbocycles. The Labute approximate surface area is 167 Å². The fraction of sp³-hybridized carbons (Fsp3) is 0.526. The van der Waals surface area contributed by atoms with E-state index in [0.717, 1.165) is 61.1 Å². The fourth-order valence-electron chi connectivity index (χ4n) is 4.07. The second-order valence-electron chi connectivity index (χ2n) is 7.43. The van der Waals surface area contributed by atoms with Gasteiger partial charge in [-0.15, -0.1) is 23.7 Å². The Bertz CT molecular complexity index is 754. The number of nitrogens with zero attached hydrogens (tertiary/aromatic N) is 2. The van der Waals surface area contributed by atoms with Gasteiger partial charge in [-0.05, 0) is 56.4 Å². The fourth-order valence-corrected chi connectivity index (χ4v) is 4.89.